The average molecular weight is 685 g/mol. The molecule has 0 aliphatic heterocycles. The SMILES string of the molecule is CCc1ccc(-c2ccc(-c3ccc(-c4ccc(-c5ccc(-c6ccc(-c7ccc(S(=O)(=O)O)s7)s6)s5)s4)s3)s2)s1. The van der Waals surface area contributed by atoms with E-state index in [1.54, 1.807) is 28.7 Å². The summed E-state index contributed by atoms with van der Waals surface area (Å²) in [4.78, 5) is 15.9. The summed E-state index contributed by atoms with van der Waals surface area (Å²) in [7, 11) is -4.18. The Bertz CT molecular complexity index is 2090. The zero-order chi connectivity index (χ0) is 28.1. The predicted molar refractivity (Wildman–Crippen MR) is 183 cm³/mol. The molecule has 0 atom stereocenters. The lowest BCUT2D eigenvalue weighted by atomic mass is 10.3. The summed E-state index contributed by atoms with van der Waals surface area (Å²) in [6.45, 7) is 2.20. The van der Waals surface area contributed by atoms with E-state index in [0.717, 1.165) is 32.4 Å². The minimum absolute atomic E-state index is 0.0313. The maximum absolute atomic E-state index is 11.4. The van der Waals surface area contributed by atoms with Crippen LogP contribution < -0.4 is 0 Å². The highest BCUT2D eigenvalue weighted by Crippen LogP contribution is 2.46. The Morgan fingerprint density at radius 1 is 0.439 bits per heavy atom. The second-order valence-electron chi connectivity index (χ2n) is 9.03. The van der Waals surface area contributed by atoms with Crippen LogP contribution in [-0.2, 0) is 16.5 Å². The number of aryl methyl sites for hydroxylation is 1. The van der Waals surface area contributed by atoms with E-state index in [-0.39, 0.29) is 4.21 Å². The van der Waals surface area contributed by atoms with Crippen LogP contribution in [0.5, 0.6) is 0 Å². The molecule has 206 valence electrons. The van der Waals surface area contributed by atoms with Gasteiger partial charge in [0.05, 0.1) is 0 Å². The van der Waals surface area contributed by atoms with Gasteiger partial charge >= 0.3 is 10.1 Å². The van der Waals surface area contributed by atoms with E-state index in [2.05, 4.69) is 73.7 Å². The van der Waals surface area contributed by atoms with E-state index in [0.29, 0.717) is 0 Å². The van der Waals surface area contributed by atoms with Gasteiger partial charge in [0, 0.05) is 63.4 Å². The van der Waals surface area contributed by atoms with Crippen molar-refractivity contribution in [3.8, 4) is 58.5 Å². The first-order valence-electron chi connectivity index (χ1n) is 12.5. The minimum Gasteiger partial charge on any atom is -0.281 e. The second-order valence-corrected chi connectivity index (χ2v) is 18.4. The molecule has 7 rings (SSSR count). The first-order valence-corrected chi connectivity index (χ1v) is 19.7. The van der Waals surface area contributed by atoms with Crippen molar-refractivity contribution in [1.82, 2.24) is 0 Å². The standard InChI is InChI=1S/C30H20O3S8/c1-2-17-3-4-18(34-17)19-5-6-20(35-19)21-7-8-22(36-21)23-9-10-24(37-23)25-11-12-26(38-25)27-13-14-28(39-27)29-15-16-30(40-29)41(31,32)33/h3-16H,2H2,1H3,(H,31,32,33). The topological polar surface area (TPSA) is 54.4 Å². The van der Waals surface area contributed by atoms with Crippen molar-refractivity contribution in [1.29, 1.82) is 0 Å². The number of hydrogen-bond acceptors (Lipinski definition) is 9. The van der Waals surface area contributed by atoms with Gasteiger partial charge in [-0.2, -0.15) is 8.42 Å². The van der Waals surface area contributed by atoms with Crippen molar-refractivity contribution in [2.24, 2.45) is 0 Å². The Morgan fingerprint density at radius 2 is 0.707 bits per heavy atom. The minimum atomic E-state index is -4.18. The van der Waals surface area contributed by atoms with Gasteiger partial charge in [-0.1, -0.05) is 6.92 Å². The molecule has 0 fully saturated rings. The van der Waals surface area contributed by atoms with Gasteiger partial charge in [0.25, 0.3) is 0 Å². The molecule has 0 spiro atoms. The monoisotopic (exact) mass is 684 g/mol. The Labute approximate surface area is 266 Å². The lowest BCUT2D eigenvalue weighted by Crippen LogP contribution is -1.92. The van der Waals surface area contributed by atoms with Crippen LogP contribution in [0.3, 0.4) is 0 Å². The van der Waals surface area contributed by atoms with Crippen molar-refractivity contribution in [2.45, 2.75) is 17.6 Å². The zero-order valence-corrected chi connectivity index (χ0v) is 27.9. The van der Waals surface area contributed by atoms with Crippen molar-refractivity contribution >= 4 is 89.5 Å². The molecule has 0 saturated carbocycles. The van der Waals surface area contributed by atoms with Crippen LogP contribution in [0.4, 0.5) is 0 Å². The molecule has 0 radical (unpaired) electrons. The molecular formula is C30H20O3S8. The molecule has 0 aliphatic carbocycles. The molecule has 0 saturated heterocycles. The summed E-state index contributed by atoms with van der Waals surface area (Å²) in [6, 6.07) is 29.5. The molecule has 7 aromatic rings. The van der Waals surface area contributed by atoms with Crippen LogP contribution >= 0.6 is 79.4 Å². The smallest absolute Gasteiger partial charge is 0.281 e. The molecule has 41 heavy (non-hydrogen) atoms. The highest BCUT2D eigenvalue weighted by molar-refractivity contribution is 7.88. The van der Waals surface area contributed by atoms with Crippen LogP contribution in [0.1, 0.15) is 11.8 Å². The Hall–Kier alpha value is -2.19. The summed E-state index contributed by atoms with van der Waals surface area (Å²) < 4.78 is 32.1. The molecule has 7 heterocycles. The predicted octanol–water partition coefficient (Wildman–Crippen LogP) is 11.9. The lowest BCUT2D eigenvalue weighted by Gasteiger charge is -1.93. The van der Waals surface area contributed by atoms with Crippen LogP contribution in [0.25, 0.3) is 58.5 Å². The highest BCUT2D eigenvalue weighted by Gasteiger charge is 2.17. The molecular weight excluding hydrogens is 665 g/mol. The van der Waals surface area contributed by atoms with Gasteiger partial charge in [0.2, 0.25) is 0 Å². The summed E-state index contributed by atoms with van der Waals surface area (Å²) in [5.41, 5.74) is 0. The molecule has 1 N–H and O–H groups in total. The van der Waals surface area contributed by atoms with Gasteiger partial charge < -0.3 is 0 Å². The highest BCUT2D eigenvalue weighted by atomic mass is 32.3. The van der Waals surface area contributed by atoms with Gasteiger partial charge in [0.15, 0.2) is 0 Å². The van der Waals surface area contributed by atoms with Crippen molar-refractivity contribution < 1.29 is 13.0 Å². The number of hydrogen-bond donors (Lipinski definition) is 1. The molecule has 3 nitrogen and oxygen atoms in total. The molecule has 11 heteroatoms. The van der Waals surface area contributed by atoms with E-state index in [4.69, 9.17) is 0 Å². The third-order valence-electron chi connectivity index (χ3n) is 6.33. The fourth-order valence-electron chi connectivity index (χ4n) is 4.31. The molecule has 0 bridgehead atoms. The Balaban J connectivity index is 1.08. The van der Waals surface area contributed by atoms with Crippen molar-refractivity contribution in [3.63, 3.8) is 0 Å². The van der Waals surface area contributed by atoms with Gasteiger partial charge in [-0.15, -0.1) is 79.4 Å². The van der Waals surface area contributed by atoms with E-state index in [1.807, 2.05) is 51.4 Å². The molecule has 0 aromatic carbocycles. The van der Waals surface area contributed by atoms with E-state index >= 15 is 0 Å². The lowest BCUT2D eigenvalue weighted by molar-refractivity contribution is 0.485. The Kier molecular flexibility index (Phi) is 7.51. The van der Waals surface area contributed by atoms with Gasteiger partial charge in [0.1, 0.15) is 4.21 Å². The van der Waals surface area contributed by atoms with Crippen LogP contribution in [0, 0.1) is 0 Å². The van der Waals surface area contributed by atoms with Crippen LogP contribution in [0.2, 0.25) is 0 Å². The van der Waals surface area contributed by atoms with Gasteiger partial charge in [-0.3, -0.25) is 4.55 Å². The normalized spacial score (nSPS) is 12.0. The molecule has 0 unspecified atom stereocenters. The molecule has 0 amide bonds. The fourth-order valence-corrected chi connectivity index (χ4v) is 12.5. The van der Waals surface area contributed by atoms with Gasteiger partial charge in [-0.25, -0.2) is 0 Å². The van der Waals surface area contributed by atoms with E-state index < -0.39 is 10.1 Å². The fraction of sp³-hybridized carbons (Fsp3) is 0.0667. The van der Waals surface area contributed by atoms with Gasteiger partial charge in [-0.05, 0) is 91.3 Å². The third kappa shape index (κ3) is 5.63. The zero-order valence-electron chi connectivity index (χ0n) is 21.3. The summed E-state index contributed by atoms with van der Waals surface area (Å²) in [5, 5.41) is 0. The first kappa shape index (κ1) is 27.6. The summed E-state index contributed by atoms with van der Waals surface area (Å²) in [6.07, 6.45) is 1.08. The second kappa shape index (κ2) is 11.1. The Morgan fingerprint density at radius 3 is 0.976 bits per heavy atom. The quantitative estimate of drug-likeness (QED) is 0.162. The maximum atomic E-state index is 11.4. The van der Waals surface area contributed by atoms with Crippen LogP contribution in [-0.4, -0.2) is 13.0 Å². The maximum Gasteiger partial charge on any atom is 0.304 e. The number of thiophene rings is 7. The molecule has 7 aromatic heterocycles. The van der Waals surface area contributed by atoms with Crippen LogP contribution in [0.15, 0.2) is 89.1 Å². The average Bonchev–Trinajstić information content (AvgIpc) is 3.82. The van der Waals surface area contributed by atoms with E-state index in [1.165, 1.54) is 54.8 Å². The summed E-state index contributed by atoms with van der Waals surface area (Å²) >= 11 is 11.9. The van der Waals surface area contributed by atoms with Crippen molar-refractivity contribution in [2.75, 3.05) is 0 Å². The summed E-state index contributed by atoms with van der Waals surface area (Å²) in [5.74, 6) is 0. The third-order valence-corrected chi connectivity index (χ3v) is 16.6. The first-order chi connectivity index (χ1) is 19.8. The van der Waals surface area contributed by atoms with E-state index in [9.17, 15) is 13.0 Å². The van der Waals surface area contributed by atoms with Crippen molar-refractivity contribution in [3.05, 3.63) is 89.8 Å². The number of rotatable bonds is 8. The molecule has 0 aliphatic rings. The largest absolute Gasteiger partial charge is 0.304 e.